The maximum atomic E-state index is 3.51. The Morgan fingerprint density at radius 1 is 1.08 bits per heavy atom. The second-order valence-electron chi connectivity index (χ2n) is 4.10. The van der Waals surface area contributed by atoms with Crippen molar-refractivity contribution in [1.29, 1.82) is 0 Å². The van der Waals surface area contributed by atoms with Crippen LogP contribution in [0.15, 0.2) is 0 Å². The van der Waals surface area contributed by atoms with E-state index in [9.17, 15) is 0 Å². The molecule has 0 amide bonds. The molecule has 0 aliphatic carbocycles. The molecule has 2 atom stereocenters. The molecule has 0 spiro atoms. The Morgan fingerprint density at radius 2 is 1.75 bits per heavy atom. The van der Waals surface area contributed by atoms with Crippen LogP contribution in [0.2, 0.25) is 0 Å². The smallest absolute Gasteiger partial charge is 0.00987 e. The molecule has 2 rings (SSSR count). The molecule has 0 aromatic rings. The zero-order chi connectivity index (χ0) is 8.39. The Balaban J connectivity index is 1.87. The minimum Gasteiger partial charge on any atom is -0.297 e. The monoisotopic (exact) mass is 231 g/mol. The van der Waals surface area contributed by atoms with Crippen molar-refractivity contribution in [1.82, 2.24) is 4.90 Å². The molecule has 1 nitrogen and oxygen atoms in total. The Morgan fingerprint density at radius 3 is 2.33 bits per heavy atom. The van der Waals surface area contributed by atoms with E-state index in [1.165, 1.54) is 50.4 Å². The van der Waals surface area contributed by atoms with Gasteiger partial charge in [0, 0.05) is 17.4 Å². The van der Waals surface area contributed by atoms with Crippen LogP contribution in [0.4, 0.5) is 0 Å². The summed E-state index contributed by atoms with van der Waals surface area (Å²) in [5.41, 5.74) is 0. The quantitative estimate of drug-likeness (QED) is 0.676. The zero-order valence-electron chi connectivity index (χ0n) is 7.64. The Labute approximate surface area is 83.6 Å². The largest absolute Gasteiger partial charge is 0.297 e. The zero-order valence-corrected chi connectivity index (χ0v) is 9.22. The first kappa shape index (κ1) is 9.01. The number of alkyl halides is 1. The van der Waals surface area contributed by atoms with E-state index in [1.807, 2.05) is 0 Å². The van der Waals surface area contributed by atoms with Crippen LogP contribution >= 0.6 is 15.9 Å². The minimum absolute atomic E-state index is 0.961. The molecule has 2 saturated heterocycles. The van der Waals surface area contributed by atoms with Crippen LogP contribution in [0.3, 0.4) is 0 Å². The third kappa shape index (κ3) is 1.69. The second-order valence-corrected chi connectivity index (χ2v) is 4.89. The van der Waals surface area contributed by atoms with Gasteiger partial charge in [0.2, 0.25) is 0 Å². The van der Waals surface area contributed by atoms with Crippen LogP contribution in [-0.2, 0) is 0 Å². The van der Waals surface area contributed by atoms with E-state index in [0.29, 0.717) is 0 Å². The molecule has 2 bridgehead atoms. The fourth-order valence-electron chi connectivity index (χ4n) is 2.83. The van der Waals surface area contributed by atoms with Gasteiger partial charge in [0.05, 0.1) is 0 Å². The molecule has 0 aromatic carbocycles. The Bertz CT molecular complexity index is 133. The average molecular weight is 232 g/mol. The molecule has 2 unspecified atom stereocenters. The lowest BCUT2D eigenvalue weighted by atomic mass is 10.0. The van der Waals surface area contributed by atoms with E-state index in [0.717, 1.165) is 12.1 Å². The van der Waals surface area contributed by atoms with Crippen LogP contribution in [0, 0.1) is 0 Å². The highest BCUT2D eigenvalue weighted by Gasteiger charge is 2.35. The van der Waals surface area contributed by atoms with Gasteiger partial charge in [0.25, 0.3) is 0 Å². The summed E-state index contributed by atoms with van der Waals surface area (Å²) in [5, 5.41) is 1.17. The predicted octanol–water partition coefficient (Wildman–Crippen LogP) is 2.79. The number of piperidine rings is 1. The second kappa shape index (κ2) is 4.10. The summed E-state index contributed by atoms with van der Waals surface area (Å²) < 4.78 is 0. The lowest BCUT2D eigenvalue weighted by molar-refractivity contribution is 0.141. The fourth-order valence-corrected chi connectivity index (χ4v) is 3.08. The van der Waals surface area contributed by atoms with Gasteiger partial charge in [0.15, 0.2) is 0 Å². The maximum Gasteiger partial charge on any atom is 0.00987 e. The average Bonchev–Trinajstić information content (AvgIpc) is 2.36. The molecular formula is C10H18BrN. The van der Waals surface area contributed by atoms with Crippen LogP contribution < -0.4 is 0 Å². The molecule has 2 heterocycles. The van der Waals surface area contributed by atoms with Crippen molar-refractivity contribution < 1.29 is 0 Å². The van der Waals surface area contributed by atoms with E-state index in [4.69, 9.17) is 0 Å². The van der Waals surface area contributed by atoms with E-state index in [1.54, 1.807) is 0 Å². The van der Waals surface area contributed by atoms with Gasteiger partial charge in [-0.15, -0.1) is 0 Å². The highest BCUT2D eigenvalue weighted by molar-refractivity contribution is 9.09. The predicted molar refractivity (Wildman–Crippen MR) is 55.8 cm³/mol. The van der Waals surface area contributed by atoms with Gasteiger partial charge in [-0.3, -0.25) is 4.90 Å². The summed E-state index contributed by atoms with van der Waals surface area (Å²) in [6, 6.07) is 1.92. The molecule has 2 fully saturated rings. The van der Waals surface area contributed by atoms with Crippen molar-refractivity contribution in [3.63, 3.8) is 0 Å². The normalized spacial score (nSPS) is 35.8. The number of hydrogen-bond donors (Lipinski definition) is 0. The SMILES string of the molecule is BrCCCN1C2CCCC1CC2. The number of hydrogen-bond acceptors (Lipinski definition) is 1. The van der Waals surface area contributed by atoms with Crippen LogP contribution in [0.1, 0.15) is 38.5 Å². The molecule has 0 N–H and O–H groups in total. The topological polar surface area (TPSA) is 3.24 Å². The number of halogens is 1. The Hall–Kier alpha value is 0.440. The summed E-state index contributed by atoms with van der Waals surface area (Å²) in [5.74, 6) is 0. The summed E-state index contributed by atoms with van der Waals surface area (Å²) >= 11 is 3.51. The summed E-state index contributed by atoms with van der Waals surface area (Å²) in [7, 11) is 0. The van der Waals surface area contributed by atoms with Crippen LogP contribution in [0.5, 0.6) is 0 Å². The van der Waals surface area contributed by atoms with Gasteiger partial charge in [-0.25, -0.2) is 0 Å². The van der Waals surface area contributed by atoms with Gasteiger partial charge in [-0.2, -0.15) is 0 Å². The summed E-state index contributed by atoms with van der Waals surface area (Å²) in [6.07, 6.45) is 8.71. The van der Waals surface area contributed by atoms with E-state index >= 15 is 0 Å². The van der Waals surface area contributed by atoms with Crippen LogP contribution in [-0.4, -0.2) is 28.9 Å². The first-order chi connectivity index (χ1) is 5.92. The van der Waals surface area contributed by atoms with Crippen molar-refractivity contribution >= 4 is 15.9 Å². The highest BCUT2D eigenvalue weighted by atomic mass is 79.9. The molecule has 2 aliphatic rings. The molecule has 12 heavy (non-hydrogen) atoms. The lowest BCUT2D eigenvalue weighted by Gasteiger charge is -2.34. The van der Waals surface area contributed by atoms with E-state index in [-0.39, 0.29) is 0 Å². The number of fused-ring (bicyclic) bond motifs is 2. The van der Waals surface area contributed by atoms with Crippen molar-refractivity contribution in [2.45, 2.75) is 50.6 Å². The minimum atomic E-state index is 0.961. The summed E-state index contributed by atoms with van der Waals surface area (Å²) in [6.45, 7) is 1.33. The number of nitrogens with zero attached hydrogens (tertiary/aromatic N) is 1. The number of rotatable bonds is 3. The van der Waals surface area contributed by atoms with E-state index < -0.39 is 0 Å². The molecule has 0 saturated carbocycles. The van der Waals surface area contributed by atoms with Gasteiger partial charge in [-0.05, 0) is 38.6 Å². The molecule has 0 aromatic heterocycles. The van der Waals surface area contributed by atoms with Crippen molar-refractivity contribution in [3.8, 4) is 0 Å². The van der Waals surface area contributed by atoms with Crippen LogP contribution in [0.25, 0.3) is 0 Å². The molecule has 70 valence electrons. The first-order valence-electron chi connectivity index (χ1n) is 5.23. The van der Waals surface area contributed by atoms with E-state index in [2.05, 4.69) is 20.8 Å². The molecule has 2 heteroatoms. The maximum absolute atomic E-state index is 3.51. The molecule has 2 aliphatic heterocycles. The lowest BCUT2D eigenvalue weighted by Crippen LogP contribution is -2.40. The van der Waals surface area contributed by atoms with Gasteiger partial charge >= 0.3 is 0 Å². The highest BCUT2D eigenvalue weighted by Crippen LogP contribution is 2.35. The third-order valence-electron chi connectivity index (χ3n) is 3.40. The molecule has 0 radical (unpaired) electrons. The van der Waals surface area contributed by atoms with Crippen molar-refractivity contribution in [3.05, 3.63) is 0 Å². The van der Waals surface area contributed by atoms with Crippen molar-refractivity contribution in [2.75, 3.05) is 11.9 Å². The van der Waals surface area contributed by atoms with Gasteiger partial charge < -0.3 is 0 Å². The standard InChI is InChI=1S/C10H18BrN/c11-7-2-8-12-9-3-1-4-10(12)6-5-9/h9-10H,1-8H2. The fraction of sp³-hybridized carbons (Fsp3) is 1.00. The van der Waals surface area contributed by atoms with Crippen molar-refractivity contribution in [2.24, 2.45) is 0 Å². The first-order valence-corrected chi connectivity index (χ1v) is 6.35. The van der Waals surface area contributed by atoms with Gasteiger partial charge in [0.1, 0.15) is 0 Å². The molecular weight excluding hydrogens is 214 g/mol. The third-order valence-corrected chi connectivity index (χ3v) is 3.96. The van der Waals surface area contributed by atoms with Gasteiger partial charge in [-0.1, -0.05) is 22.4 Å². The summed E-state index contributed by atoms with van der Waals surface area (Å²) in [4.78, 5) is 2.77. The Kier molecular flexibility index (Phi) is 3.08.